The van der Waals surface area contributed by atoms with Crippen LogP contribution in [0.25, 0.3) is 0 Å². The van der Waals surface area contributed by atoms with E-state index in [1.807, 2.05) is 29.2 Å². The highest BCUT2D eigenvalue weighted by atomic mass is 32.2. The van der Waals surface area contributed by atoms with Crippen LogP contribution >= 0.6 is 12.2 Å². The van der Waals surface area contributed by atoms with Crippen molar-refractivity contribution in [2.75, 3.05) is 23.0 Å². The number of hydrogen-bond donors (Lipinski definition) is 2. The average molecular weight is 512 g/mol. The highest BCUT2D eigenvalue weighted by Crippen LogP contribution is 2.44. The maximum atomic E-state index is 12.0. The molecule has 10 heteroatoms. The summed E-state index contributed by atoms with van der Waals surface area (Å²) in [7, 11) is -1.99. The summed E-state index contributed by atoms with van der Waals surface area (Å²) >= 11 is 5.82. The topological polar surface area (TPSA) is 88.5 Å². The second-order valence-corrected chi connectivity index (χ2v) is 11.2. The smallest absolute Gasteiger partial charge is 0.229 e. The molecule has 0 spiro atoms. The van der Waals surface area contributed by atoms with E-state index in [1.54, 1.807) is 18.3 Å². The van der Waals surface area contributed by atoms with Crippen LogP contribution in [0.4, 0.5) is 11.4 Å². The highest BCUT2D eigenvalue weighted by molar-refractivity contribution is 7.92. The molecule has 5 rings (SSSR count). The molecule has 3 aromatic rings. The van der Waals surface area contributed by atoms with Crippen molar-refractivity contribution in [2.24, 2.45) is 0 Å². The lowest BCUT2D eigenvalue weighted by molar-refractivity contribution is 0.417. The van der Waals surface area contributed by atoms with Crippen molar-refractivity contribution in [3.05, 3.63) is 72.3 Å². The molecular weight excluding hydrogens is 482 g/mol. The van der Waals surface area contributed by atoms with Crippen molar-refractivity contribution in [3.63, 3.8) is 0 Å². The van der Waals surface area contributed by atoms with Crippen LogP contribution < -0.4 is 19.7 Å². The first-order valence-corrected chi connectivity index (χ1v) is 14.0. The second-order valence-electron chi connectivity index (χ2n) is 9.09. The second kappa shape index (κ2) is 9.50. The van der Waals surface area contributed by atoms with Gasteiger partial charge in [-0.2, -0.15) is 0 Å². The summed E-state index contributed by atoms with van der Waals surface area (Å²) in [6.45, 7) is 0. The number of methoxy groups -OCH3 is 1. The average Bonchev–Trinajstić information content (AvgIpc) is 3.58. The van der Waals surface area contributed by atoms with Crippen molar-refractivity contribution in [3.8, 4) is 5.75 Å². The molecule has 184 valence electrons. The van der Waals surface area contributed by atoms with E-state index in [0.717, 1.165) is 23.2 Å². The van der Waals surface area contributed by atoms with Gasteiger partial charge in [0.05, 0.1) is 36.8 Å². The predicted molar refractivity (Wildman–Crippen MR) is 141 cm³/mol. The molecule has 2 N–H and O–H groups in total. The maximum absolute atomic E-state index is 12.0. The Morgan fingerprint density at radius 1 is 1.17 bits per heavy atom. The van der Waals surface area contributed by atoms with Gasteiger partial charge in [0.2, 0.25) is 10.0 Å². The molecule has 35 heavy (non-hydrogen) atoms. The van der Waals surface area contributed by atoms with Gasteiger partial charge in [-0.05, 0) is 67.0 Å². The summed E-state index contributed by atoms with van der Waals surface area (Å²) in [6, 6.07) is 13.6. The lowest BCUT2D eigenvalue weighted by atomic mass is 9.98. The molecule has 2 fully saturated rings. The Morgan fingerprint density at radius 2 is 1.97 bits per heavy atom. The van der Waals surface area contributed by atoms with Gasteiger partial charge >= 0.3 is 0 Å². The minimum Gasteiger partial charge on any atom is -0.495 e. The Balaban J connectivity index is 1.58. The van der Waals surface area contributed by atoms with Gasteiger partial charge < -0.3 is 19.5 Å². The zero-order valence-electron chi connectivity index (χ0n) is 19.7. The lowest BCUT2D eigenvalue weighted by Crippen LogP contribution is -2.29. The standard InChI is InChI=1S/C25H29N5O3S2/c1-33-22-11-10-19(15-21(22)28-35(2,31)32)30-24(17-12-14-29(16-17)18-7-3-4-8-18)23(27-25(30)34)20-9-5-6-13-26-20/h5-6,9-16,18,23-24,28H,3-4,7-8H2,1-2H3,(H,27,34). The normalized spacial score (nSPS) is 20.7. The molecule has 2 aromatic heterocycles. The molecule has 2 unspecified atom stereocenters. The van der Waals surface area contributed by atoms with E-state index >= 15 is 0 Å². The molecular formula is C25H29N5O3S2. The van der Waals surface area contributed by atoms with Crippen LogP contribution in [-0.4, -0.2) is 36.4 Å². The summed E-state index contributed by atoms with van der Waals surface area (Å²) in [5, 5.41) is 4.01. The van der Waals surface area contributed by atoms with Crippen LogP contribution in [0, 0.1) is 0 Å². The van der Waals surface area contributed by atoms with Crippen molar-refractivity contribution >= 4 is 38.7 Å². The quantitative estimate of drug-likeness (QED) is 0.450. The van der Waals surface area contributed by atoms with Crippen molar-refractivity contribution in [1.29, 1.82) is 0 Å². The van der Waals surface area contributed by atoms with Crippen LogP contribution in [0.5, 0.6) is 5.75 Å². The number of nitrogens with one attached hydrogen (secondary N) is 2. The molecule has 0 bridgehead atoms. The van der Waals surface area contributed by atoms with E-state index < -0.39 is 10.0 Å². The molecule has 1 saturated carbocycles. The molecule has 3 heterocycles. The number of benzene rings is 1. The third-order valence-corrected chi connectivity index (χ3v) is 7.59. The fraction of sp³-hybridized carbons (Fsp3) is 0.360. The summed E-state index contributed by atoms with van der Waals surface area (Å²) < 4.78 is 34.2. The van der Waals surface area contributed by atoms with Crippen molar-refractivity contribution in [1.82, 2.24) is 14.9 Å². The number of nitrogens with zero attached hydrogens (tertiary/aromatic N) is 3. The largest absolute Gasteiger partial charge is 0.495 e. The predicted octanol–water partition coefficient (Wildman–Crippen LogP) is 4.56. The number of ether oxygens (including phenoxy) is 1. The number of anilines is 2. The van der Waals surface area contributed by atoms with Gasteiger partial charge in [0, 0.05) is 30.3 Å². The van der Waals surface area contributed by atoms with E-state index in [1.165, 1.54) is 32.8 Å². The molecule has 2 atom stereocenters. The van der Waals surface area contributed by atoms with Crippen LogP contribution in [0.1, 0.15) is 55.1 Å². The molecule has 8 nitrogen and oxygen atoms in total. The van der Waals surface area contributed by atoms with Gasteiger partial charge in [0.1, 0.15) is 5.75 Å². The van der Waals surface area contributed by atoms with E-state index in [4.69, 9.17) is 17.0 Å². The Hall–Kier alpha value is -3.11. The molecule has 1 aliphatic heterocycles. The van der Waals surface area contributed by atoms with Gasteiger partial charge in [-0.1, -0.05) is 18.9 Å². The van der Waals surface area contributed by atoms with Gasteiger partial charge in [-0.15, -0.1) is 0 Å². The molecule has 1 aliphatic carbocycles. The molecule has 1 saturated heterocycles. The fourth-order valence-electron chi connectivity index (χ4n) is 5.13. The number of thiocarbonyl (C=S) groups is 1. The summed E-state index contributed by atoms with van der Waals surface area (Å²) in [5.41, 5.74) is 3.12. The number of sulfonamides is 1. The van der Waals surface area contributed by atoms with Crippen LogP contribution in [0.2, 0.25) is 0 Å². The first-order valence-electron chi connectivity index (χ1n) is 11.7. The minimum absolute atomic E-state index is 0.167. The summed E-state index contributed by atoms with van der Waals surface area (Å²) in [4.78, 5) is 6.65. The lowest BCUT2D eigenvalue weighted by Gasteiger charge is -2.28. The van der Waals surface area contributed by atoms with E-state index in [9.17, 15) is 8.42 Å². The maximum Gasteiger partial charge on any atom is 0.229 e. The zero-order chi connectivity index (χ0) is 24.6. The van der Waals surface area contributed by atoms with E-state index in [0.29, 0.717) is 22.6 Å². The number of hydrogen-bond acceptors (Lipinski definition) is 5. The Kier molecular flexibility index (Phi) is 6.41. The monoisotopic (exact) mass is 511 g/mol. The summed E-state index contributed by atoms with van der Waals surface area (Å²) in [5.74, 6) is 0.433. The first-order chi connectivity index (χ1) is 16.8. The minimum atomic E-state index is -3.50. The van der Waals surface area contributed by atoms with Crippen molar-refractivity contribution in [2.45, 2.75) is 43.8 Å². The zero-order valence-corrected chi connectivity index (χ0v) is 21.3. The Labute approximate surface area is 211 Å². The first kappa shape index (κ1) is 23.6. The van der Waals surface area contributed by atoms with Crippen LogP contribution in [0.15, 0.2) is 61.1 Å². The Bertz CT molecular complexity index is 1320. The van der Waals surface area contributed by atoms with Gasteiger partial charge in [0.15, 0.2) is 5.11 Å². The van der Waals surface area contributed by atoms with Gasteiger partial charge in [-0.3, -0.25) is 9.71 Å². The molecule has 0 amide bonds. The Morgan fingerprint density at radius 3 is 2.66 bits per heavy atom. The third kappa shape index (κ3) is 4.85. The van der Waals surface area contributed by atoms with Gasteiger partial charge in [-0.25, -0.2) is 8.42 Å². The summed E-state index contributed by atoms with van der Waals surface area (Å²) in [6.07, 6.45) is 12.2. The molecule has 0 radical (unpaired) electrons. The van der Waals surface area contributed by atoms with E-state index in [-0.39, 0.29) is 12.1 Å². The fourth-order valence-corrected chi connectivity index (χ4v) is 6.04. The van der Waals surface area contributed by atoms with Gasteiger partial charge in [0.25, 0.3) is 0 Å². The van der Waals surface area contributed by atoms with Crippen molar-refractivity contribution < 1.29 is 13.2 Å². The third-order valence-electron chi connectivity index (χ3n) is 6.68. The number of aromatic nitrogens is 2. The van der Waals surface area contributed by atoms with Crippen LogP contribution in [0.3, 0.4) is 0 Å². The molecule has 2 aliphatic rings. The van der Waals surface area contributed by atoms with E-state index in [2.05, 4.69) is 38.1 Å². The number of rotatable bonds is 7. The number of pyridine rings is 1. The molecule has 1 aromatic carbocycles. The van der Waals surface area contributed by atoms with Crippen LogP contribution in [-0.2, 0) is 10.0 Å². The SMILES string of the molecule is COc1ccc(N2C(=S)NC(c3ccccn3)C2c2ccn(C3CCCC3)c2)cc1NS(C)(=O)=O. The highest BCUT2D eigenvalue weighted by Gasteiger charge is 2.41.